The molecular weight excluding hydrogens is 280 g/mol. The maximum Gasteiger partial charge on any atom is 0.151 e. The molecule has 2 fully saturated rings. The predicted molar refractivity (Wildman–Crippen MR) is 84.5 cm³/mol. The van der Waals surface area contributed by atoms with Crippen LogP contribution in [0, 0.1) is 11.8 Å². The van der Waals surface area contributed by atoms with Crippen LogP contribution in [0.2, 0.25) is 0 Å². The summed E-state index contributed by atoms with van der Waals surface area (Å²) in [5, 5.41) is 12.7. The number of hydrogen-bond acceptors (Lipinski definition) is 5. The van der Waals surface area contributed by atoms with Crippen LogP contribution in [0.4, 0.5) is 5.82 Å². The molecule has 0 unspecified atom stereocenters. The summed E-state index contributed by atoms with van der Waals surface area (Å²) >= 11 is 1.65. The van der Waals surface area contributed by atoms with E-state index >= 15 is 0 Å². The molecule has 4 nitrogen and oxygen atoms in total. The van der Waals surface area contributed by atoms with Crippen molar-refractivity contribution in [1.82, 2.24) is 15.1 Å². The highest BCUT2D eigenvalue weighted by Crippen LogP contribution is 2.32. The number of anilines is 1. The van der Waals surface area contributed by atoms with Crippen LogP contribution < -0.4 is 4.90 Å². The Kier molecular flexibility index (Phi) is 3.13. The van der Waals surface area contributed by atoms with Crippen molar-refractivity contribution in [1.29, 1.82) is 0 Å². The first-order valence-corrected chi connectivity index (χ1v) is 8.09. The minimum atomic E-state index is 0.594. The zero-order chi connectivity index (χ0) is 14.2. The molecule has 2 atom stereocenters. The zero-order valence-electron chi connectivity index (χ0n) is 11.9. The maximum absolute atomic E-state index is 4.36. The Balaban J connectivity index is 1.50. The van der Waals surface area contributed by atoms with Gasteiger partial charge >= 0.3 is 0 Å². The van der Waals surface area contributed by atoms with Crippen LogP contribution in [0.3, 0.4) is 0 Å². The third-order valence-corrected chi connectivity index (χ3v) is 5.00. The number of likely N-dealkylation sites (N-methyl/N-ethyl adjacent to an activating group) is 1. The molecule has 0 N–H and O–H groups in total. The van der Waals surface area contributed by atoms with E-state index in [2.05, 4.69) is 38.9 Å². The smallest absolute Gasteiger partial charge is 0.151 e. The van der Waals surface area contributed by atoms with Gasteiger partial charge in [0.1, 0.15) is 5.69 Å². The fourth-order valence-electron chi connectivity index (χ4n) is 3.16. The van der Waals surface area contributed by atoms with E-state index < -0.39 is 0 Å². The van der Waals surface area contributed by atoms with Crippen molar-refractivity contribution in [2.45, 2.75) is 18.5 Å². The van der Waals surface area contributed by atoms with Crippen LogP contribution in [0.15, 0.2) is 29.0 Å². The molecule has 0 amide bonds. The maximum atomic E-state index is 4.36. The van der Waals surface area contributed by atoms with Gasteiger partial charge in [-0.25, -0.2) is 0 Å². The predicted octanol–water partition coefficient (Wildman–Crippen LogP) is 1.83. The van der Waals surface area contributed by atoms with Crippen molar-refractivity contribution in [3.8, 4) is 11.8 Å². The summed E-state index contributed by atoms with van der Waals surface area (Å²) in [6, 6.07) is 7.30. The number of nitrogens with zero attached hydrogens (tertiary/aromatic N) is 4. The number of thiophene rings is 1. The Morgan fingerprint density at radius 2 is 2.10 bits per heavy atom. The largest absolute Gasteiger partial charge is 0.349 e. The number of aromatic nitrogens is 2. The summed E-state index contributed by atoms with van der Waals surface area (Å²) in [6.45, 7) is 2.20. The summed E-state index contributed by atoms with van der Waals surface area (Å²) in [7, 11) is 2.21. The highest BCUT2D eigenvalue weighted by molar-refractivity contribution is 7.08. The van der Waals surface area contributed by atoms with Gasteiger partial charge in [-0.3, -0.25) is 4.90 Å². The number of fused-ring (bicyclic) bond motifs is 2. The van der Waals surface area contributed by atoms with Crippen molar-refractivity contribution in [3.63, 3.8) is 0 Å². The lowest BCUT2D eigenvalue weighted by Crippen LogP contribution is -2.44. The SMILES string of the molecule is CN1C[C@@H]2C[C@H]1CN2c1ccc(C#Cc2ccsc2)nn1. The summed E-state index contributed by atoms with van der Waals surface area (Å²) in [5.74, 6) is 7.15. The van der Waals surface area contributed by atoms with Crippen LogP contribution in [0.1, 0.15) is 17.7 Å². The minimum Gasteiger partial charge on any atom is -0.349 e. The highest BCUT2D eigenvalue weighted by Gasteiger charge is 2.41. The van der Waals surface area contributed by atoms with Gasteiger partial charge in [0.2, 0.25) is 0 Å². The second-order valence-electron chi connectivity index (χ2n) is 5.67. The van der Waals surface area contributed by atoms with Gasteiger partial charge in [0.05, 0.1) is 0 Å². The third-order valence-electron chi connectivity index (χ3n) is 4.32. The van der Waals surface area contributed by atoms with Gasteiger partial charge in [0.15, 0.2) is 5.82 Å². The van der Waals surface area contributed by atoms with Gasteiger partial charge < -0.3 is 4.90 Å². The lowest BCUT2D eigenvalue weighted by molar-refractivity contribution is 0.292. The molecule has 106 valence electrons. The monoisotopic (exact) mass is 296 g/mol. The minimum absolute atomic E-state index is 0.594. The first-order chi connectivity index (χ1) is 10.3. The topological polar surface area (TPSA) is 32.3 Å². The lowest BCUT2D eigenvalue weighted by atomic mass is 10.2. The van der Waals surface area contributed by atoms with Gasteiger partial charge in [-0.05, 0) is 43.0 Å². The van der Waals surface area contributed by atoms with E-state index in [0.717, 1.165) is 30.2 Å². The standard InChI is InChI=1S/C16H16N4S/c1-19-9-15-8-14(19)10-20(15)16-5-4-13(17-18-16)3-2-12-6-7-21-11-12/h4-7,11,14-15H,8-10H2,1H3/t14-,15-/m0/s1. The zero-order valence-corrected chi connectivity index (χ0v) is 12.7. The number of likely N-dealkylation sites (tertiary alicyclic amines) is 1. The molecule has 5 heteroatoms. The second-order valence-corrected chi connectivity index (χ2v) is 6.45. The van der Waals surface area contributed by atoms with E-state index in [1.165, 1.54) is 6.42 Å². The average Bonchev–Trinajstić information content (AvgIpc) is 3.22. The molecule has 2 bridgehead atoms. The van der Waals surface area contributed by atoms with Gasteiger partial charge in [-0.2, -0.15) is 11.3 Å². The quantitative estimate of drug-likeness (QED) is 0.752. The summed E-state index contributed by atoms with van der Waals surface area (Å²) < 4.78 is 0. The number of rotatable bonds is 1. The van der Waals surface area contributed by atoms with Gasteiger partial charge in [-0.15, -0.1) is 10.2 Å². The Morgan fingerprint density at radius 3 is 2.71 bits per heavy atom. The molecule has 2 aliphatic heterocycles. The van der Waals surface area contributed by atoms with Crippen LogP contribution >= 0.6 is 11.3 Å². The van der Waals surface area contributed by atoms with E-state index in [9.17, 15) is 0 Å². The fourth-order valence-corrected chi connectivity index (χ4v) is 3.75. The van der Waals surface area contributed by atoms with Gasteiger partial charge in [0.25, 0.3) is 0 Å². The van der Waals surface area contributed by atoms with E-state index in [4.69, 9.17) is 0 Å². The van der Waals surface area contributed by atoms with Crippen LogP contribution in [0.5, 0.6) is 0 Å². The normalized spacial score (nSPS) is 24.1. The molecule has 0 saturated carbocycles. The number of hydrogen-bond donors (Lipinski definition) is 0. The van der Waals surface area contributed by atoms with Crippen LogP contribution in [-0.4, -0.2) is 47.3 Å². The van der Waals surface area contributed by atoms with Crippen LogP contribution in [0.25, 0.3) is 0 Å². The molecule has 4 heterocycles. The molecule has 0 aromatic carbocycles. The Morgan fingerprint density at radius 1 is 1.14 bits per heavy atom. The Labute approximate surface area is 128 Å². The molecule has 21 heavy (non-hydrogen) atoms. The second kappa shape index (κ2) is 5.14. The Hall–Kier alpha value is -1.90. The van der Waals surface area contributed by atoms with Crippen molar-refractivity contribution < 1.29 is 0 Å². The van der Waals surface area contributed by atoms with E-state index in [1.54, 1.807) is 11.3 Å². The Bertz CT molecular complexity index is 681. The lowest BCUT2D eigenvalue weighted by Gasteiger charge is -2.32. The van der Waals surface area contributed by atoms with Gasteiger partial charge in [-0.1, -0.05) is 5.92 Å². The number of piperazine rings is 1. The first kappa shape index (κ1) is 12.8. The molecule has 0 radical (unpaired) electrons. The molecular formula is C16H16N4S. The van der Waals surface area contributed by atoms with E-state index in [-0.39, 0.29) is 0 Å². The summed E-state index contributed by atoms with van der Waals surface area (Å²) in [4.78, 5) is 4.82. The third kappa shape index (κ3) is 2.41. The van der Waals surface area contributed by atoms with Crippen LogP contribution in [-0.2, 0) is 0 Å². The first-order valence-electron chi connectivity index (χ1n) is 7.14. The fraction of sp³-hybridized carbons (Fsp3) is 0.375. The molecule has 2 saturated heterocycles. The molecule has 4 rings (SSSR count). The van der Waals surface area contributed by atoms with Crippen molar-refractivity contribution in [2.75, 3.05) is 25.0 Å². The molecule has 0 spiro atoms. The van der Waals surface area contributed by atoms with Crippen molar-refractivity contribution >= 4 is 17.2 Å². The summed E-state index contributed by atoms with van der Waals surface area (Å²) in [5.41, 5.74) is 1.76. The molecule has 2 aliphatic rings. The average molecular weight is 296 g/mol. The van der Waals surface area contributed by atoms with E-state index in [1.807, 2.05) is 29.0 Å². The molecule has 2 aromatic heterocycles. The van der Waals surface area contributed by atoms with Crippen molar-refractivity contribution in [3.05, 3.63) is 40.2 Å². The van der Waals surface area contributed by atoms with Gasteiger partial charge in [0, 0.05) is 36.1 Å². The summed E-state index contributed by atoms with van der Waals surface area (Å²) in [6.07, 6.45) is 1.25. The molecule has 2 aromatic rings. The van der Waals surface area contributed by atoms with Crippen molar-refractivity contribution in [2.24, 2.45) is 0 Å². The molecule has 0 aliphatic carbocycles. The highest BCUT2D eigenvalue weighted by atomic mass is 32.1. The van der Waals surface area contributed by atoms with E-state index in [0.29, 0.717) is 12.1 Å².